The zero-order valence-electron chi connectivity index (χ0n) is 13.1. The summed E-state index contributed by atoms with van der Waals surface area (Å²) >= 11 is 0. The minimum Gasteiger partial charge on any atom is -0.464 e. The van der Waals surface area contributed by atoms with Crippen LogP contribution in [0.2, 0.25) is 0 Å². The molecule has 6 heteroatoms. The molecule has 6 nitrogen and oxygen atoms in total. The Labute approximate surface area is 125 Å². The van der Waals surface area contributed by atoms with Crippen LogP contribution in [0.1, 0.15) is 52.9 Å². The number of hydrogen-bond donors (Lipinski definition) is 1. The van der Waals surface area contributed by atoms with Gasteiger partial charge in [0.25, 0.3) is 0 Å². The molecule has 0 rings (SSSR count). The Balaban J connectivity index is 4.12. The predicted molar refractivity (Wildman–Crippen MR) is 77.6 cm³/mol. The third-order valence-corrected chi connectivity index (χ3v) is 2.92. The van der Waals surface area contributed by atoms with Gasteiger partial charge in [0.05, 0.1) is 12.5 Å². The highest BCUT2D eigenvalue weighted by Crippen LogP contribution is 2.16. The van der Waals surface area contributed by atoms with Gasteiger partial charge in [0.15, 0.2) is 0 Å². The number of Topliss-reactive ketones (excluding diaryl/α,β-unsaturated/α-hetero) is 2. The quantitative estimate of drug-likeness (QED) is 0.460. The number of esters is 1. The number of ketones is 2. The van der Waals surface area contributed by atoms with Crippen LogP contribution in [0.5, 0.6) is 0 Å². The van der Waals surface area contributed by atoms with Crippen molar-refractivity contribution in [2.75, 3.05) is 13.2 Å². The molecule has 0 aromatic carbocycles. The van der Waals surface area contributed by atoms with Gasteiger partial charge >= 0.3 is 5.97 Å². The minimum atomic E-state index is -0.466. The van der Waals surface area contributed by atoms with E-state index in [1.54, 1.807) is 0 Å². The topological polar surface area (TPSA) is 89.5 Å². The predicted octanol–water partition coefficient (Wildman–Crippen LogP) is 1.41. The largest absolute Gasteiger partial charge is 0.464 e. The number of hydrogen-bond acceptors (Lipinski definition) is 5. The average molecular weight is 299 g/mol. The van der Waals surface area contributed by atoms with Crippen LogP contribution in [-0.4, -0.2) is 36.6 Å². The van der Waals surface area contributed by atoms with E-state index in [2.05, 4.69) is 5.32 Å². The first-order chi connectivity index (χ1) is 9.82. The van der Waals surface area contributed by atoms with Crippen molar-refractivity contribution in [3.8, 4) is 0 Å². The van der Waals surface area contributed by atoms with Crippen LogP contribution in [0.25, 0.3) is 0 Å². The van der Waals surface area contributed by atoms with Crippen LogP contribution in [0.3, 0.4) is 0 Å². The highest BCUT2D eigenvalue weighted by atomic mass is 16.5. The van der Waals surface area contributed by atoms with Crippen molar-refractivity contribution < 1.29 is 23.9 Å². The zero-order chi connectivity index (χ0) is 16.3. The van der Waals surface area contributed by atoms with Crippen molar-refractivity contribution in [3.63, 3.8) is 0 Å². The summed E-state index contributed by atoms with van der Waals surface area (Å²) in [7, 11) is 0. The Morgan fingerprint density at radius 2 is 1.67 bits per heavy atom. The summed E-state index contributed by atoms with van der Waals surface area (Å²) in [6.45, 7) is 4.71. The Hall–Kier alpha value is -1.72. The molecule has 0 aliphatic heterocycles. The molecule has 0 spiro atoms. The summed E-state index contributed by atoms with van der Waals surface area (Å²) in [5.74, 6) is -1.01. The maximum Gasteiger partial charge on any atom is 0.309 e. The molecule has 1 amide bonds. The summed E-state index contributed by atoms with van der Waals surface area (Å²) in [5, 5.41) is 2.52. The van der Waals surface area contributed by atoms with Gasteiger partial charge in [-0.15, -0.1) is 0 Å². The van der Waals surface area contributed by atoms with Gasteiger partial charge in [0.1, 0.15) is 18.2 Å². The molecule has 21 heavy (non-hydrogen) atoms. The van der Waals surface area contributed by atoms with Crippen LogP contribution < -0.4 is 5.32 Å². The van der Waals surface area contributed by atoms with Gasteiger partial charge in [0.2, 0.25) is 5.91 Å². The molecule has 0 heterocycles. The lowest BCUT2D eigenvalue weighted by atomic mass is 9.96. The first-order valence-electron chi connectivity index (χ1n) is 7.23. The number of nitrogens with one attached hydrogen (secondary N) is 1. The maximum absolute atomic E-state index is 11.9. The van der Waals surface area contributed by atoms with Crippen LogP contribution in [0.15, 0.2) is 0 Å². The number of amides is 1. The van der Waals surface area contributed by atoms with Crippen molar-refractivity contribution >= 4 is 23.4 Å². The summed E-state index contributed by atoms with van der Waals surface area (Å²) < 4.78 is 5.06. The third kappa shape index (κ3) is 11.8. The van der Waals surface area contributed by atoms with Gasteiger partial charge in [0, 0.05) is 19.8 Å². The van der Waals surface area contributed by atoms with Gasteiger partial charge in [-0.05, 0) is 26.7 Å². The lowest BCUT2D eigenvalue weighted by Gasteiger charge is -2.14. The van der Waals surface area contributed by atoms with Crippen LogP contribution >= 0.6 is 0 Å². The van der Waals surface area contributed by atoms with Crippen molar-refractivity contribution in [2.24, 2.45) is 5.92 Å². The van der Waals surface area contributed by atoms with E-state index >= 15 is 0 Å². The van der Waals surface area contributed by atoms with Crippen molar-refractivity contribution in [1.29, 1.82) is 0 Å². The van der Waals surface area contributed by atoms with E-state index in [9.17, 15) is 19.2 Å². The van der Waals surface area contributed by atoms with Crippen molar-refractivity contribution in [3.05, 3.63) is 0 Å². The van der Waals surface area contributed by atoms with E-state index in [0.717, 1.165) is 0 Å². The highest BCUT2D eigenvalue weighted by molar-refractivity contribution is 5.82. The molecule has 0 aromatic rings. The van der Waals surface area contributed by atoms with Crippen molar-refractivity contribution in [2.45, 2.75) is 52.9 Å². The highest BCUT2D eigenvalue weighted by Gasteiger charge is 2.21. The van der Waals surface area contributed by atoms with Crippen LogP contribution in [0, 0.1) is 5.92 Å². The fourth-order valence-corrected chi connectivity index (χ4v) is 1.91. The standard InChI is InChI=1S/C15H25NO5/c1-11(17)6-4-5-7-14(10-12(2)18)15(20)21-9-8-16-13(3)19/h14H,4-10H2,1-3H3,(H,16,19). The summed E-state index contributed by atoms with van der Waals surface area (Å²) in [6.07, 6.45) is 2.59. The number of carbonyl (C=O) groups is 4. The number of unbranched alkanes of at least 4 members (excludes halogenated alkanes) is 1. The van der Waals surface area contributed by atoms with Crippen LogP contribution in [-0.2, 0) is 23.9 Å². The molecule has 1 N–H and O–H groups in total. The van der Waals surface area contributed by atoms with E-state index in [1.807, 2.05) is 0 Å². The Kier molecular flexibility index (Phi) is 10.1. The number of ether oxygens (including phenoxy) is 1. The molecule has 0 aliphatic rings. The monoisotopic (exact) mass is 299 g/mol. The molecule has 0 saturated carbocycles. The molecule has 0 radical (unpaired) electrons. The molecule has 120 valence electrons. The fourth-order valence-electron chi connectivity index (χ4n) is 1.91. The van der Waals surface area contributed by atoms with E-state index in [-0.39, 0.29) is 37.0 Å². The molecule has 0 aromatic heterocycles. The smallest absolute Gasteiger partial charge is 0.309 e. The molecular formula is C15H25NO5. The van der Waals surface area contributed by atoms with E-state index in [1.165, 1.54) is 20.8 Å². The van der Waals surface area contributed by atoms with Gasteiger partial charge in [-0.2, -0.15) is 0 Å². The van der Waals surface area contributed by atoms with Gasteiger partial charge < -0.3 is 19.6 Å². The normalized spacial score (nSPS) is 11.6. The number of carbonyl (C=O) groups excluding carboxylic acids is 4. The van der Waals surface area contributed by atoms with E-state index < -0.39 is 11.9 Å². The van der Waals surface area contributed by atoms with E-state index in [4.69, 9.17) is 4.74 Å². The summed E-state index contributed by atoms with van der Waals surface area (Å²) in [5.41, 5.74) is 0. The van der Waals surface area contributed by atoms with Gasteiger partial charge in [-0.1, -0.05) is 6.42 Å². The molecule has 0 fully saturated rings. The first-order valence-corrected chi connectivity index (χ1v) is 7.23. The second-order valence-electron chi connectivity index (χ2n) is 5.20. The summed E-state index contributed by atoms with van der Waals surface area (Å²) in [4.78, 5) is 44.6. The SMILES string of the molecule is CC(=O)CCCCC(CC(C)=O)C(=O)OCCNC(C)=O. The Morgan fingerprint density at radius 1 is 1.00 bits per heavy atom. The molecule has 0 bridgehead atoms. The zero-order valence-corrected chi connectivity index (χ0v) is 13.1. The minimum absolute atomic E-state index is 0.0645. The average Bonchev–Trinajstić information content (AvgIpc) is 2.37. The third-order valence-electron chi connectivity index (χ3n) is 2.92. The lowest BCUT2D eigenvalue weighted by molar-refractivity contribution is -0.150. The Bertz CT molecular complexity index is 378. The molecule has 0 saturated heterocycles. The first kappa shape index (κ1) is 19.3. The lowest BCUT2D eigenvalue weighted by Crippen LogP contribution is -2.28. The molecular weight excluding hydrogens is 274 g/mol. The molecule has 1 atom stereocenters. The summed E-state index contributed by atoms with van der Waals surface area (Å²) in [6, 6.07) is 0. The van der Waals surface area contributed by atoms with Crippen LogP contribution in [0.4, 0.5) is 0 Å². The Morgan fingerprint density at radius 3 is 2.19 bits per heavy atom. The number of rotatable bonds is 11. The van der Waals surface area contributed by atoms with Gasteiger partial charge in [-0.25, -0.2) is 0 Å². The van der Waals surface area contributed by atoms with Crippen molar-refractivity contribution in [1.82, 2.24) is 5.32 Å². The fraction of sp³-hybridized carbons (Fsp3) is 0.733. The molecule has 0 aliphatic carbocycles. The molecule has 1 unspecified atom stereocenters. The maximum atomic E-state index is 11.9. The second kappa shape index (κ2) is 11.0. The van der Waals surface area contributed by atoms with Gasteiger partial charge in [-0.3, -0.25) is 9.59 Å². The second-order valence-corrected chi connectivity index (χ2v) is 5.20. The van der Waals surface area contributed by atoms with E-state index in [0.29, 0.717) is 25.7 Å².